The second-order valence-corrected chi connectivity index (χ2v) is 19.8. The zero-order valence-electron chi connectivity index (χ0n) is 14.0. The molecule has 0 bridgehead atoms. The smallest absolute Gasteiger partial charge is 0.0480 e. The van der Waals surface area contributed by atoms with Crippen LogP contribution in [-0.2, 0) is 0 Å². The molecule has 1 rings (SSSR count). The molecular weight excluding hydrogens is 260 g/mol. The first kappa shape index (κ1) is 17.0. The monoisotopic (exact) mass is 294 g/mol. The van der Waals surface area contributed by atoms with Gasteiger partial charge in [-0.2, -0.15) is 0 Å². The Hall–Kier alpha value is -0.0862. The van der Waals surface area contributed by atoms with Crippen molar-refractivity contribution in [2.24, 2.45) is 11.8 Å². The third-order valence-electron chi connectivity index (χ3n) is 3.79. The van der Waals surface area contributed by atoms with Crippen LogP contribution >= 0.6 is 0 Å². The second kappa shape index (κ2) is 7.07. The SMILES string of the molecule is C[Si](C)(C)C/C=C/[C@@H]1CC[C@@H](/C=C/C[Si](C)(C)C)C1. The maximum absolute atomic E-state index is 2.52. The summed E-state index contributed by atoms with van der Waals surface area (Å²) in [6.07, 6.45) is 14.2. The fourth-order valence-electron chi connectivity index (χ4n) is 2.63. The molecule has 0 heterocycles. The Labute approximate surface area is 123 Å². The Morgan fingerprint density at radius 1 is 0.737 bits per heavy atom. The molecule has 0 aromatic heterocycles. The molecule has 110 valence electrons. The van der Waals surface area contributed by atoms with Gasteiger partial charge in [-0.05, 0) is 43.2 Å². The predicted molar refractivity (Wildman–Crippen MR) is 95.4 cm³/mol. The molecule has 0 N–H and O–H groups in total. The molecule has 0 amide bonds. The summed E-state index contributed by atoms with van der Waals surface area (Å²) >= 11 is 0. The van der Waals surface area contributed by atoms with Crippen LogP contribution in [0.15, 0.2) is 24.3 Å². The summed E-state index contributed by atoms with van der Waals surface area (Å²) in [5.74, 6) is 1.72. The van der Waals surface area contributed by atoms with Gasteiger partial charge in [-0.3, -0.25) is 0 Å². The molecule has 1 saturated carbocycles. The molecule has 0 aromatic rings. The maximum Gasteiger partial charge on any atom is 0.0480 e. The first-order valence-electron chi connectivity index (χ1n) is 7.99. The van der Waals surface area contributed by atoms with Gasteiger partial charge in [-0.25, -0.2) is 0 Å². The minimum atomic E-state index is -0.884. The highest BCUT2D eigenvalue weighted by atomic mass is 28.3. The minimum absolute atomic E-state index is 0.859. The van der Waals surface area contributed by atoms with Crippen molar-refractivity contribution in [3.63, 3.8) is 0 Å². The lowest BCUT2D eigenvalue weighted by atomic mass is 10.0. The van der Waals surface area contributed by atoms with E-state index in [2.05, 4.69) is 63.6 Å². The van der Waals surface area contributed by atoms with Gasteiger partial charge >= 0.3 is 0 Å². The van der Waals surface area contributed by atoms with E-state index >= 15 is 0 Å². The van der Waals surface area contributed by atoms with E-state index in [0.717, 1.165) is 11.8 Å². The van der Waals surface area contributed by atoms with Gasteiger partial charge in [-0.15, -0.1) is 0 Å². The van der Waals surface area contributed by atoms with E-state index in [-0.39, 0.29) is 0 Å². The lowest BCUT2D eigenvalue weighted by Crippen LogP contribution is -2.17. The molecule has 0 aliphatic heterocycles. The molecule has 2 heteroatoms. The molecule has 1 aliphatic carbocycles. The molecule has 0 aromatic carbocycles. The third-order valence-corrected chi connectivity index (χ3v) is 6.71. The summed E-state index contributed by atoms with van der Waals surface area (Å²) in [5, 5.41) is 0. The zero-order valence-corrected chi connectivity index (χ0v) is 16.0. The van der Waals surface area contributed by atoms with Crippen LogP contribution in [0.4, 0.5) is 0 Å². The Balaban J connectivity index is 2.30. The van der Waals surface area contributed by atoms with E-state index in [0.29, 0.717) is 0 Å². The van der Waals surface area contributed by atoms with E-state index in [1.54, 1.807) is 0 Å². The Morgan fingerprint density at radius 3 is 1.42 bits per heavy atom. The van der Waals surface area contributed by atoms with Crippen molar-refractivity contribution in [2.75, 3.05) is 0 Å². The Morgan fingerprint density at radius 2 is 1.11 bits per heavy atom. The highest BCUT2D eigenvalue weighted by Crippen LogP contribution is 2.33. The van der Waals surface area contributed by atoms with Gasteiger partial charge in [-0.1, -0.05) is 63.6 Å². The molecular formula is C17H34Si2. The predicted octanol–water partition coefficient (Wildman–Crippen LogP) is 6.19. The van der Waals surface area contributed by atoms with Crippen molar-refractivity contribution >= 4 is 16.1 Å². The zero-order chi connectivity index (χ0) is 14.5. The fourth-order valence-corrected chi connectivity index (χ4v) is 4.32. The van der Waals surface area contributed by atoms with Gasteiger partial charge in [0, 0.05) is 16.1 Å². The van der Waals surface area contributed by atoms with E-state index < -0.39 is 16.1 Å². The molecule has 19 heavy (non-hydrogen) atoms. The summed E-state index contributed by atoms with van der Waals surface area (Å²) in [7, 11) is -1.77. The fraction of sp³-hybridized carbons (Fsp3) is 0.765. The third kappa shape index (κ3) is 8.64. The molecule has 1 fully saturated rings. The first-order valence-corrected chi connectivity index (χ1v) is 15.4. The van der Waals surface area contributed by atoms with E-state index in [1.165, 1.54) is 31.4 Å². The Bertz CT molecular complexity index is 283. The lowest BCUT2D eigenvalue weighted by Gasteiger charge is -2.13. The highest BCUT2D eigenvalue weighted by Gasteiger charge is 2.21. The van der Waals surface area contributed by atoms with Crippen LogP contribution in [0.3, 0.4) is 0 Å². The lowest BCUT2D eigenvalue weighted by molar-refractivity contribution is 0.638. The maximum atomic E-state index is 2.52. The van der Waals surface area contributed by atoms with Gasteiger partial charge in [0.15, 0.2) is 0 Å². The average Bonchev–Trinajstić information content (AvgIpc) is 2.62. The molecule has 0 nitrogen and oxygen atoms in total. The average molecular weight is 295 g/mol. The van der Waals surface area contributed by atoms with Crippen LogP contribution in [-0.4, -0.2) is 16.1 Å². The summed E-state index contributed by atoms with van der Waals surface area (Å²) in [4.78, 5) is 0. The van der Waals surface area contributed by atoms with Crippen molar-refractivity contribution in [3.8, 4) is 0 Å². The summed E-state index contributed by atoms with van der Waals surface area (Å²) in [6.45, 7) is 14.7. The van der Waals surface area contributed by atoms with E-state index in [1.807, 2.05) is 0 Å². The van der Waals surface area contributed by atoms with Crippen LogP contribution in [0.5, 0.6) is 0 Å². The Kier molecular flexibility index (Phi) is 6.32. The van der Waals surface area contributed by atoms with Crippen LogP contribution in [0, 0.1) is 11.8 Å². The van der Waals surface area contributed by atoms with Gasteiger partial charge < -0.3 is 0 Å². The van der Waals surface area contributed by atoms with Gasteiger partial charge in [0.1, 0.15) is 0 Å². The van der Waals surface area contributed by atoms with Gasteiger partial charge in [0.25, 0.3) is 0 Å². The normalized spacial score (nSPS) is 25.8. The molecule has 0 unspecified atom stereocenters. The molecule has 1 aliphatic rings. The van der Waals surface area contributed by atoms with Crippen molar-refractivity contribution in [1.29, 1.82) is 0 Å². The van der Waals surface area contributed by atoms with Crippen molar-refractivity contribution < 1.29 is 0 Å². The van der Waals surface area contributed by atoms with Crippen LogP contribution in [0.1, 0.15) is 19.3 Å². The van der Waals surface area contributed by atoms with Crippen molar-refractivity contribution in [3.05, 3.63) is 24.3 Å². The number of rotatable bonds is 6. The van der Waals surface area contributed by atoms with Crippen LogP contribution in [0.25, 0.3) is 0 Å². The largest absolute Gasteiger partial charge is 0.0909 e. The number of hydrogen-bond donors (Lipinski definition) is 0. The topological polar surface area (TPSA) is 0 Å². The minimum Gasteiger partial charge on any atom is -0.0909 e. The van der Waals surface area contributed by atoms with Crippen molar-refractivity contribution in [1.82, 2.24) is 0 Å². The highest BCUT2D eigenvalue weighted by molar-refractivity contribution is 6.76. The molecule has 2 atom stereocenters. The molecule has 0 saturated heterocycles. The van der Waals surface area contributed by atoms with Crippen molar-refractivity contribution in [2.45, 2.75) is 70.6 Å². The summed E-state index contributed by atoms with van der Waals surface area (Å²) in [6, 6.07) is 2.69. The summed E-state index contributed by atoms with van der Waals surface area (Å²) < 4.78 is 0. The number of allylic oxidation sites excluding steroid dienone is 4. The van der Waals surface area contributed by atoms with Crippen LogP contribution < -0.4 is 0 Å². The van der Waals surface area contributed by atoms with E-state index in [9.17, 15) is 0 Å². The van der Waals surface area contributed by atoms with Gasteiger partial charge in [0.05, 0.1) is 0 Å². The van der Waals surface area contributed by atoms with E-state index in [4.69, 9.17) is 0 Å². The molecule has 0 radical (unpaired) electrons. The summed E-state index contributed by atoms with van der Waals surface area (Å²) in [5.41, 5.74) is 0. The van der Waals surface area contributed by atoms with Gasteiger partial charge in [0.2, 0.25) is 0 Å². The standard InChI is InChI=1S/C17H34Si2/c1-18(2,3)13-7-9-16-11-12-17(15-16)10-8-14-19(4,5)6/h7-10,16-17H,11-15H2,1-6H3/b9-7+,10-8+/t16-,17-/m1/s1. The second-order valence-electron chi connectivity index (χ2n) is 8.72. The quantitative estimate of drug-likeness (QED) is 0.404. The first-order chi connectivity index (χ1) is 8.66. The molecule has 0 spiro atoms. The van der Waals surface area contributed by atoms with Crippen LogP contribution in [0.2, 0.25) is 51.4 Å². The number of hydrogen-bond acceptors (Lipinski definition) is 0.